The summed E-state index contributed by atoms with van der Waals surface area (Å²) in [5.41, 5.74) is 0. The van der Waals surface area contributed by atoms with Crippen molar-refractivity contribution in [1.29, 1.82) is 0 Å². The average Bonchev–Trinajstić information content (AvgIpc) is 2.03. The van der Waals surface area contributed by atoms with E-state index in [0.29, 0.717) is 11.8 Å². The Hall–Kier alpha value is -0.570. The van der Waals surface area contributed by atoms with E-state index in [1.165, 1.54) is 0 Å². The second kappa shape index (κ2) is 4.61. The molecule has 1 aliphatic rings. The van der Waals surface area contributed by atoms with Gasteiger partial charge in [0.2, 0.25) is 5.91 Å². The lowest BCUT2D eigenvalue weighted by molar-refractivity contribution is -0.136. The molecule has 1 heterocycles. The molecule has 0 spiro atoms. The van der Waals surface area contributed by atoms with Crippen LogP contribution in [0.2, 0.25) is 0 Å². The molecule has 1 atom stereocenters. The normalized spacial score (nSPS) is 19.3. The van der Waals surface area contributed by atoms with Crippen LogP contribution in [0.1, 0.15) is 20.8 Å². The summed E-state index contributed by atoms with van der Waals surface area (Å²) in [7, 11) is 0. The fourth-order valence-electron chi connectivity index (χ4n) is 1.69. The molecule has 76 valence electrons. The van der Waals surface area contributed by atoms with Gasteiger partial charge in [-0.1, -0.05) is 6.92 Å². The van der Waals surface area contributed by atoms with Crippen LogP contribution in [0.15, 0.2) is 0 Å². The van der Waals surface area contributed by atoms with E-state index in [-0.39, 0.29) is 5.92 Å². The predicted molar refractivity (Wildman–Crippen MR) is 53.5 cm³/mol. The number of hydrogen-bond acceptors (Lipinski definition) is 2. The first-order valence-corrected chi connectivity index (χ1v) is 5.20. The molecule has 13 heavy (non-hydrogen) atoms. The van der Waals surface area contributed by atoms with Crippen LogP contribution < -0.4 is 5.32 Å². The maximum Gasteiger partial charge on any atom is 0.225 e. The minimum atomic E-state index is 0.196. The lowest BCUT2D eigenvalue weighted by Crippen LogP contribution is -2.50. The number of rotatable bonds is 4. The fourth-order valence-corrected chi connectivity index (χ4v) is 1.69. The first-order chi connectivity index (χ1) is 6.20. The van der Waals surface area contributed by atoms with Crippen molar-refractivity contribution in [1.82, 2.24) is 10.2 Å². The number of hydrogen-bond donors (Lipinski definition) is 1. The molecular formula is C10H20N2O. The Kier molecular flexibility index (Phi) is 3.72. The van der Waals surface area contributed by atoms with Crippen LogP contribution in [0.3, 0.4) is 0 Å². The average molecular weight is 184 g/mol. The second-order valence-electron chi connectivity index (χ2n) is 3.72. The van der Waals surface area contributed by atoms with Crippen molar-refractivity contribution in [2.24, 2.45) is 11.8 Å². The molecule has 0 radical (unpaired) electrons. The Morgan fingerprint density at radius 2 is 2.00 bits per heavy atom. The zero-order valence-electron chi connectivity index (χ0n) is 8.84. The largest absolute Gasteiger partial charge is 0.343 e. The van der Waals surface area contributed by atoms with Crippen molar-refractivity contribution in [3.05, 3.63) is 0 Å². The topological polar surface area (TPSA) is 32.3 Å². The highest BCUT2D eigenvalue weighted by Crippen LogP contribution is 2.18. The van der Waals surface area contributed by atoms with Crippen molar-refractivity contribution in [2.45, 2.75) is 20.8 Å². The van der Waals surface area contributed by atoms with Crippen LogP contribution in [0.5, 0.6) is 0 Å². The van der Waals surface area contributed by atoms with Gasteiger partial charge in [0.25, 0.3) is 0 Å². The molecule has 1 unspecified atom stereocenters. The Bertz CT molecular complexity index is 174. The fraction of sp³-hybridized carbons (Fsp3) is 0.900. The summed E-state index contributed by atoms with van der Waals surface area (Å²) in [6.45, 7) is 9.80. The molecule has 1 rings (SSSR count). The number of carbonyl (C=O) groups excluding carboxylic acids is 1. The van der Waals surface area contributed by atoms with E-state index in [2.05, 4.69) is 5.32 Å². The van der Waals surface area contributed by atoms with E-state index >= 15 is 0 Å². The minimum absolute atomic E-state index is 0.196. The molecule has 3 heteroatoms. The van der Waals surface area contributed by atoms with Gasteiger partial charge in [0.1, 0.15) is 0 Å². The zero-order chi connectivity index (χ0) is 9.84. The van der Waals surface area contributed by atoms with Gasteiger partial charge in [-0.25, -0.2) is 0 Å². The van der Waals surface area contributed by atoms with Crippen molar-refractivity contribution >= 4 is 5.91 Å². The van der Waals surface area contributed by atoms with Gasteiger partial charge < -0.3 is 10.2 Å². The van der Waals surface area contributed by atoms with Gasteiger partial charge in [-0.05, 0) is 32.9 Å². The van der Waals surface area contributed by atoms with Gasteiger partial charge in [0, 0.05) is 19.0 Å². The van der Waals surface area contributed by atoms with Crippen molar-refractivity contribution in [3.8, 4) is 0 Å². The molecule has 1 N–H and O–H groups in total. The highest BCUT2D eigenvalue weighted by atomic mass is 16.2. The van der Waals surface area contributed by atoms with E-state index in [9.17, 15) is 4.79 Å². The number of nitrogens with zero attached hydrogens (tertiary/aromatic N) is 1. The van der Waals surface area contributed by atoms with E-state index in [1.54, 1.807) is 0 Å². The maximum absolute atomic E-state index is 11.8. The van der Waals surface area contributed by atoms with E-state index in [4.69, 9.17) is 0 Å². The third-order valence-corrected chi connectivity index (χ3v) is 2.98. The highest BCUT2D eigenvalue weighted by molar-refractivity contribution is 5.78. The van der Waals surface area contributed by atoms with Crippen LogP contribution in [-0.4, -0.2) is 37.0 Å². The molecule has 0 bridgehead atoms. The molecule has 0 aromatic rings. The Balaban J connectivity index is 2.44. The molecule has 0 aliphatic carbocycles. The first kappa shape index (κ1) is 10.5. The molecule has 1 fully saturated rings. The summed E-state index contributed by atoms with van der Waals surface area (Å²) in [5.74, 6) is 1.07. The zero-order valence-corrected chi connectivity index (χ0v) is 8.84. The van der Waals surface area contributed by atoms with Crippen LogP contribution in [0, 0.1) is 11.8 Å². The molecule has 3 nitrogen and oxygen atoms in total. The second-order valence-corrected chi connectivity index (χ2v) is 3.72. The summed E-state index contributed by atoms with van der Waals surface area (Å²) >= 11 is 0. The lowest BCUT2D eigenvalue weighted by Gasteiger charge is -2.34. The maximum atomic E-state index is 11.8. The quantitative estimate of drug-likeness (QED) is 0.698. The monoisotopic (exact) mass is 184 g/mol. The highest BCUT2D eigenvalue weighted by Gasteiger charge is 2.30. The number of nitrogens with one attached hydrogen (secondary N) is 1. The summed E-state index contributed by atoms with van der Waals surface area (Å²) in [6, 6.07) is 0. The lowest BCUT2D eigenvalue weighted by atomic mass is 9.88. The summed E-state index contributed by atoms with van der Waals surface area (Å²) in [4.78, 5) is 13.8. The molecule has 0 aromatic carbocycles. The van der Waals surface area contributed by atoms with E-state index in [0.717, 1.165) is 26.2 Å². The number of amides is 1. The van der Waals surface area contributed by atoms with Gasteiger partial charge in [-0.15, -0.1) is 0 Å². The van der Waals surface area contributed by atoms with Gasteiger partial charge >= 0.3 is 0 Å². The Morgan fingerprint density at radius 1 is 1.46 bits per heavy atom. The molecule has 1 amide bonds. The molecular weight excluding hydrogens is 164 g/mol. The van der Waals surface area contributed by atoms with Crippen molar-refractivity contribution in [2.75, 3.05) is 26.2 Å². The van der Waals surface area contributed by atoms with E-state index < -0.39 is 0 Å². The standard InChI is InChI=1S/C10H20N2O/c1-4-12(5-2)10(13)8(3)9-6-11-7-9/h8-9,11H,4-7H2,1-3H3. The SMILES string of the molecule is CCN(CC)C(=O)C(C)C1CNC1. The molecule has 1 saturated heterocycles. The number of carbonyl (C=O) groups is 1. The van der Waals surface area contributed by atoms with Gasteiger partial charge in [0.15, 0.2) is 0 Å². The van der Waals surface area contributed by atoms with Gasteiger partial charge in [0.05, 0.1) is 0 Å². The smallest absolute Gasteiger partial charge is 0.225 e. The Labute approximate surface area is 80.5 Å². The third kappa shape index (κ3) is 2.21. The van der Waals surface area contributed by atoms with E-state index in [1.807, 2.05) is 25.7 Å². The minimum Gasteiger partial charge on any atom is -0.343 e. The van der Waals surface area contributed by atoms with Crippen LogP contribution in [0.25, 0.3) is 0 Å². The Morgan fingerprint density at radius 3 is 2.31 bits per heavy atom. The van der Waals surface area contributed by atoms with Crippen LogP contribution in [-0.2, 0) is 4.79 Å². The van der Waals surface area contributed by atoms with Crippen molar-refractivity contribution < 1.29 is 4.79 Å². The first-order valence-electron chi connectivity index (χ1n) is 5.20. The van der Waals surface area contributed by atoms with Gasteiger partial charge in [-0.2, -0.15) is 0 Å². The third-order valence-electron chi connectivity index (χ3n) is 2.98. The molecule has 0 saturated carbocycles. The summed E-state index contributed by atoms with van der Waals surface area (Å²) in [6.07, 6.45) is 0. The predicted octanol–water partition coefficient (Wildman–Crippen LogP) is 0.710. The van der Waals surface area contributed by atoms with Crippen LogP contribution in [0.4, 0.5) is 0 Å². The van der Waals surface area contributed by atoms with Crippen molar-refractivity contribution in [3.63, 3.8) is 0 Å². The summed E-state index contributed by atoms with van der Waals surface area (Å²) in [5, 5.41) is 3.20. The van der Waals surface area contributed by atoms with Crippen LogP contribution >= 0.6 is 0 Å². The van der Waals surface area contributed by atoms with Gasteiger partial charge in [-0.3, -0.25) is 4.79 Å². The molecule has 0 aromatic heterocycles. The summed E-state index contributed by atoms with van der Waals surface area (Å²) < 4.78 is 0. The molecule has 1 aliphatic heterocycles.